The first kappa shape index (κ1) is 13.4. The molecule has 0 bridgehead atoms. The number of carboxylic acid groups (broad SMARTS) is 1. The summed E-state index contributed by atoms with van der Waals surface area (Å²) in [5, 5.41) is 20.4. The zero-order chi connectivity index (χ0) is 12.8. The van der Waals surface area contributed by atoms with Crippen LogP contribution in [0.25, 0.3) is 0 Å². The van der Waals surface area contributed by atoms with Gasteiger partial charge >= 0.3 is 5.97 Å². The molecule has 0 heterocycles. The van der Waals surface area contributed by atoms with Crippen LogP contribution in [0, 0.1) is 5.82 Å². The number of carboxylic acids is 1. The number of aliphatic hydroxyl groups is 1. The molecule has 0 aliphatic heterocycles. The predicted molar refractivity (Wildman–Crippen MR) is 59.7 cm³/mol. The minimum atomic E-state index is -1.19. The smallest absolute Gasteiger partial charge is 0.335 e. The summed E-state index contributed by atoms with van der Waals surface area (Å²) in [7, 11) is 1.47. The summed E-state index contributed by atoms with van der Waals surface area (Å²) < 4.78 is 18.3. The van der Waals surface area contributed by atoms with E-state index in [0.717, 1.165) is 6.07 Å². The third-order valence-corrected chi connectivity index (χ3v) is 2.16. The highest BCUT2D eigenvalue weighted by Crippen LogP contribution is 2.16. The van der Waals surface area contributed by atoms with Crippen LogP contribution in [0.4, 0.5) is 10.1 Å². The minimum absolute atomic E-state index is 0.125. The van der Waals surface area contributed by atoms with Crippen molar-refractivity contribution in [2.45, 2.75) is 6.04 Å². The molecule has 1 unspecified atom stereocenters. The topological polar surface area (TPSA) is 78.8 Å². The van der Waals surface area contributed by atoms with Gasteiger partial charge in [-0.2, -0.15) is 0 Å². The van der Waals surface area contributed by atoms with Crippen molar-refractivity contribution in [2.75, 3.05) is 25.6 Å². The van der Waals surface area contributed by atoms with Crippen LogP contribution in [-0.4, -0.2) is 42.5 Å². The quantitative estimate of drug-likeness (QED) is 0.693. The normalized spacial score (nSPS) is 12.2. The summed E-state index contributed by atoms with van der Waals surface area (Å²) in [4.78, 5) is 10.6. The van der Waals surface area contributed by atoms with Gasteiger partial charge in [0.15, 0.2) is 0 Å². The maximum atomic E-state index is 13.5. The van der Waals surface area contributed by atoms with E-state index < -0.39 is 17.8 Å². The Morgan fingerprint density at radius 3 is 2.76 bits per heavy atom. The standard InChI is InChI=1S/C11H14FNO4/c1-17-6-8(5-14)13-10-3-2-7(11(15)16)4-9(10)12/h2-4,8,13-14H,5-6H2,1H3,(H,15,16). The predicted octanol–water partition coefficient (Wildman–Crippen LogP) is 0.943. The van der Waals surface area contributed by atoms with Crippen molar-refractivity contribution in [1.29, 1.82) is 0 Å². The van der Waals surface area contributed by atoms with Gasteiger partial charge in [-0.25, -0.2) is 9.18 Å². The molecule has 0 fully saturated rings. The molecule has 1 atom stereocenters. The first-order valence-electron chi connectivity index (χ1n) is 4.97. The van der Waals surface area contributed by atoms with Crippen molar-refractivity contribution in [1.82, 2.24) is 0 Å². The van der Waals surface area contributed by atoms with Crippen molar-refractivity contribution >= 4 is 11.7 Å². The van der Waals surface area contributed by atoms with E-state index in [4.69, 9.17) is 14.9 Å². The van der Waals surface area contributed by atoms with Gasteiger partial charge in [0.1, 0.15) is 5.82 Å². The molecule has 0 saturated heterocycles. The van der Waals surface area contributed by atoms with Crippen molar-refractivity contribution in [3.05, 3.63) is 29.6 Å². The molecule has 1 aromatic rings. The highest BCUT2D eigenvalue weighted by atomic mass is 19.1. The number of hydrogen-bond donors (Lipinski definition) is 3. The van der Waals surface area contributed by atoms with Gasteiger partial charge in [-0.05, 0) is 18.2 Å². The van der Waals surface area contributed by atoms with E-state index in [9.17, 15) is 9.18 Å². The highest BCUT2D eigenvalue weighted by Gasteiger charge is 2.12. The average molecular weight is 243 g/mol. The number of methoxy groups -OCH3 is 1. The van der Waals surface area contributed by atoms with E-state index in [-0.39, 0.29) is 24.5 Å². The van der Waals surface area contributed by atoms with Crippen molar-refractivity contribution in [2.24, 2.45) is 0 Å². The minimum Gasteiger partial charge on any atom is -0.478 e. The van der Waals surface area contributed by atoms with Gasteiger partial charge in [-0.15, -0.1) is 0 Å². The van der Waals surface area contributed by atoms with Crippen LogP contribution < -0.4 is 5.32 Å². The first-order chi connectivity index (χ1) is 8.08. The lowest BCUT2D eigenvalue weighted by Gasteiger charge is -2.17. The van der Waals surface area contributed by atoms with Crippen molar-refractivity contribution in [3.8, 4) is 0 Å². The van der Waals surface area contributed by atoms with E-state index in [1.54, 1.807) is 0 Å². The van der Waals surface area contributed by atoms with Gasteiger partial charge in [0.2, 0.25) is 0 Å². The van der Waals surface area contributed by atoms with Crippen LogP contribution >= 0.6 is 0 Å². The number of anilines is 1. The lowest BCUT2D eigenvalue weighted by Crippen LogP contribution is -2.29. The number of aliphatic hydroxyl groups excluding tert-OH is 1. The van der Waals surface area contributed by atoms with E-state index in [1.165, 1.54) is 19.2 Å². The lowest BCUT2D eigenvalue weighted by molar-refractivity contribution is 0.0696. The Bertz CT molecular complexity index is 397. The summed E-state index contributed by atoms with van der Waals surface area (Å²) in [6, 6.07) is 3.09. The molecule has 1 rings (SSSR count). The maximum absolute atomic E-state index is 13.5. The van der Waals surface area contributed by atoms with E-state index in [0.29, 0.717) is 0 Å². The van der Waals surface area contributed by atoms with Gasteiger partial charge in [0.05, 0.1) is 30.5 Å². The SMILES string of the molecule is COCC(CO)Nc1ccc(C(=O)O)cc1F. The molecular weight excluding hydrogens is 229 g/mol. The molecule has 0 aliphatic rings. The Kier molecular flexibility index (Phi) is 4.86. The number of nitrogens with one attached hydrogen (secondary N) is 1. The number of benzene rings is 1. The highest BCUT2D eigenvalue weighted by molar-refractivity contribution is 5.88. The third-order valence-electron chi connectivity index (χ3n) is 2.16. The second kappa shape index (κ2) is 6.17. The van der Waals surface area contributed by atoms with Crippen LogP contribution in [0.2, 0.25) is 0 Å². The first-order valence-corrected chi connectivity index (χ1v) is 4.97. The Balaban J connectivity index is 2.81. The lowest BCUT2D eigenvalue weighted by atomic mass is 10.2. The van der Waals surface area contributed by atoms with Crippen LogP contribution in [0.1, 0.15) is 10.4 Å². The fourth-order valence-electron chi connectivity index (χ4n) is 1.33. The molecule has 0 saturated carbocycles. The van der Waals surface area contributed by atoms with Gasteiger partial charge < -0.3 is 20.3 Å². The Hall–Kier alpha value is -1.66. The molecule has 5 nitrogen and oxygen atoms in total. The zero-order valence-corrected chi connectivity index (χ0v) is 9.31. The van der Waals surface area contributed by atoms with Crippen LogP contribution in [0.15, 0.2) is 18.2 Å². The summed E-state index contributed by atoms with van der Waals surface area (Å²) in [6.45, 7) is 0.00455. The molecule has 17 heavy (non-hydrogen) atoms. The fraction of sp³-hybridized carbons (Fsp3) is 0.364. The second-order valence-electron chi connectivity index (χ2n) is 3.48. The molecule has 1 aromatic carbocycles. The monoisotopic (exact) mass is 243 g/mol. The third kappa shape index (κ3) is 3.69. The van der Waals surface area contributed by atoms with E-state index in [1.807, 2.05) is 0 Å². The van der Waals surface area contributed by atoms with Gasteiger partial charge in [-0.3, -0.25) is 0 Å². The summed E-state index contributed by atoms with van der Waals surface area (Å²) in [5.74, 6) is -1.87. The largest absolute Gasteiger partial charge is 0.478 e. The molecule has 0 aliphatic carbocycles. The summed E-state index contributed by atoms with van der Waals surface area (Å²) in [5.41, 5.74) is 0.00596. The summed E-state index contributed by atoms with van der Waals surface area (Å²) >= 11 is 0. The average Bonchev–Trinajstić information content (AvgIpc) is 2.30. The van der Waals surface area contributed by atoms with Crippen LogP contribution in [0.3, 0.4) is 0 Å². The molecule has 6 heteroatoms. The molecule has 3 N–H and O–H groups in total. The Morgan fingerprint density at radius 1 is 1.59 bits per heavy atom. The number of carbonyl (C=O) groups is 1. The van der Waals surface area contributed by atoms with Gasteiger partial charge in [-0.1, -0.05) is 0 Å². The Labute approximate surface area is 97.8 Å². The fourth-order valence-corrected chi connectivity index (χ4v) is 1.33. The maximum Gasteiger partial charge on any atom is 0.335 e. The molecule has 0 aromatic heterocycles. The van der Waals surface area contributed by atoms with Crippen molar-refractivity contribution in [3.63, 3.8) is 0 Å². The van der Waals surface area contributed by atoms with Crippen LogP contribution in [0.5, 0.6) is 0 Å². The number of rotatable bonds is 6. The summed E-state index contributed by atoms with van der Waals surface area (Å²) in [6.07, 6.45) is 0. The molecule has 94 valence electrons. The molecule has 0 spiro atoms. The number of aromatic carboxylic acids is 1. The molecule has 0 radical (unpaired) electrons. The molecule has 0 amide bonds. The van der Waals surface area contributed by atoms with Gasteiger partial charge in [0, 0.05) is 7.11 Å². The number of hydrogen-bond acceptors (Lipinski definition) is 4. The van der Waals surface area contributed by atoms with Crippen molar-refractivity contribution < 1.29 is 24.1 Å². The Morgan fingerprint density at radius 2 is 2.29 bits per heavy atom. The molecular formula is C11H14FNO4. The number of halogens is 1. The zero-order valence-electron chi connectivity index (χ0n) is 9.31. The van der Waals surface area contributed by atoms with Gasteiger partial charge in [0.25, 0.3) is 0 Å². The second-order valence-corrected chi connectivity index (χ2v) is 3.48. The van der Waals surface area contributed by atoms with Crippen LogP contribution in [-0.2, 0) is 4.74 Å². The van der Waals surface area contributed by atoms with E-state index in [2.05, 4.69) is 5.32 Å². The number of ether oxygens (including phenoxy) is 1. The van der Waals surface area contributed by atoms with E-state index >= 15 is 0 Å².